The van der Waals surface area contributed by atoms with E-state index in [1.54, 1.807) is 49.2 Å². The summed E-state index contributed by atoms with van der Waals surface area (Å²) in [6.45, 7) is 4.24. The quantitative estimate of drug-likeness (QED) is 0.323. The Balaban J connectivity index is 1.43. The van der Waals surface area contributed by atoms with Gasteiger partial charge in [-0.15, -0.1) is 0 Å². The number of alkyl halides is 3. The second-order valence-electron chi connectivity index (χ2n) is 9.37. The summed E-state index contributed by atoms with van der Waals surface area (Å²) in [6, 6.07) is 8.20. The number of fused-ring (bicyclic) bond motifs is 1. The molecule has 0 aliphatic carbocycles. The van der Waals surface area contributed by atoms with Crippen LogP contribution in [0.3, 0.4) is 0 Å². The van der Waals surface area contributed by atoms with Gasteiger partial charge < -0.3 is 4.57 Å². The summed E-state index contributed by atoms with van der Waals surface area (Å²) in [4.78, 5) is 30.1. The Hall–Kier alpha value is -3.62. The van der Waals surface area contributed by atoms with Gasteiger partial charge in [-0.05, 0) is 31.0 Å². The average Bonchev–Trinajstić information content (AvgIpc) is 3.19. The highest BCUT2D eigenvalue weighted by Crippen LogP contribution is 2.40. The van der Waals surface area contributed by atoms with E-state index in [0.717, 1.165) is 16.6 Å². The summed E-state index contributed by atoms with van der Waals surface area (Å²) < 4.78 is 42.1. The molecule has 0 bridgehead atoms. The van der Waals surface area contributed by atoms with Gasteiger partial charge in [-0.1, -0.05) is 31.2 Å². The zero-order chi connectivity index (χ0) is 25.4. The summed E-state index contributed by atoms with van der Waals surface area (Å²) in [5.74, 6) is -0.278. The summed E-state index contributed by atoms with van der Waals surface area (Å²) in [7, 11) is 1.86. The van der Waals surface area contributed by atoms with E-state index in [1.165, 1.54) is 19.9 Å². The molecule has 6 nitrogen and oxygen atoms in total. The molecule has 9 heteroatoms. The highest BCUT2D eigenvalue weighted by Gasteiger charge is 2.48. The smallest absolute Gasteiger partial charge is 0.334 e. The average molecular weight is 482 g/mol. The Morgan fingerprint density at radius 3 is 2.49 bits per heavy atom. The molecule has 3 aromatic heterocycles. The van der Waals surface area contributed by atoms with E-state index in [1.807, 2.05) is 18.5 Å². The number of halogens is 3. The predicted octanol–water partition coefficient (Wildman–Crippen LogP) is 5.57. The normalized spacial score (nSPS) is 13.2. The van der Waals surface area contributed by atoms with Gasteiger partial charge in [0.1, 0.15) is 11.2 Å². The maximum atomic E-state index is 13.4. The molecule has 0 fully saturated rings. The van der Waals surface area contributed by atoms with E-state index < -0.39 is 11.6 Å². The van der Waals surface area contributed by atoms with Gasteiger partial charge in [-0.25, -0.2) is 4.98 Å². The molecule has 4 rings (SSSR count). The van der Waals surface area contributed by atoms with Gasteiger partial charge in [-0.2, -0.15) is 13.2 Å². The van der Waals surface area contributed by atoms with Crippen LogP contribution in [0.15, 0.2) is 55.2 Å². The Morgan fingerprint density at radius 2 is 1.80 bits per heavy atom. The fourth-order valence-electron chi connectivity index (χ4n) is 3.82. The van der Waals surface area contributed by atoms with Crippen molar-refractivity contribution in [2.75, 3.05) is 0 Å². The van der Waals surface area contributed by atoms with Crippen molar-refractivity contribution < 1.29 is 18.0 Å². The number of carbonyl (C=O) groups excluding carboxylic acids is 1. The first kappa shape index (κ1) is 24.5. The summed E-state index contributed by atoms with van der Waals surface area (Å²) in [6.07, 6.45) is 2.72. The van der Waals surface area contributed by atoms with Crippen LogP contribution < -0.4 is 0 Å². The van der Waals surface area contributed by atoms with Crippen LogP contribution in [0.4, 0.5) is 13.2 Å². The number of aryl methyl sites for hydroxylation is 1. The number of Topliss-reactive ketones (excluding diaryl/α,β-unsaturated/α-hetero) is 1. The molecule has 35 heavy (non-hydrogen) atoms. The summed E-state index contributed by atoms with van der Waals surface area (Å²) in [5, 5.41) is 0. The minimum atomic E-state index is -4.35. The van der Waals surface area contributed by atoms with Crippen LogP contribution in [0.5, 0.6) is 0 Å². The molecule has 0 saturated carbocycles. The van der Waals surface area contributed by atoms with Gasteiger partial charge in [0.15, 0.2) is 5.78 Å². The maximum absolute atomic E-state index is 13.4. The van der Waals surface area contributed by atoms with E-state index in [4.69, 9.17) is 0 Å². The first-order valence-corrected chi connectivity index (χ1v) is 11.2. The molecule has 0 aliphatic heterocycles. The van der Waals surface area contributed by atoms with Gasteiger partial charge in [0.25, 0.3) is 0 Å². The van der Waals surface area contributed by atoms with Crippen molar-refractivity contribution >= 4 is 16.8 Å². The van der Waals surface area contributed by atoms with Crippen molar-refractivity contribution in [3.8, 4) is 0 Å². The summed E-state index contributed by atoms with van der Waals surface area (Å²) >= 11 is 0. The molecule has 0 saturated heterocycles. The number of hydrogen-bond donors (Lipinski definition) is 0. The lowest BCUT2D eigenvalue weighted by Crippen LogP contribution is -2.36. The van der Waals surface area contributed by atoms with Crippen molar-refractivity contribution in [1.82, 2.24) is 24.5 Å². The highest BCUT2D eigenvalue weighted by molar-refractivity contribution is 5.97. The lowest BCUT2D eigenvalue weighted by molar-refractivity contribution is -0.180. The van der Waals surface area contributed by atoms with E-state index in [0.29, 0.717) is 23.5 Å². The molecule has 4 aromatic rings. The maximum Gasteiger partial charge on any atom is 0.397 e. The van der Waals surface area contributed by atoms with Gasteiger partial charge in [-0.3, -0.25) is 19.7 Å². The van der Waals surface area contributed by atoms with Crippen molar-refractivity contribution in [1.29, 1.82) is 0 Å². The van der Waals surface area contributed by atoms with Crippen molar-refractivity contribution in [2.45, 2.75) is 51.1 Å². The Labute approximate surface area is 201 Å². The van der Waals surface area contributed by atoms with Gasteiger partial charge >= 0.3 is 6.18 Å². The van der Waals surface area contributed by atoms with Crippen LogP contribution in [0.1, 0.15) is 66.1 Å². The number of imidazole rings is 1. The van der Waals surface area contributed by atoms with Crippen molar-refractivity contribution in [2.24, 2.45) is 7.05 Å². The Morgan fingerprint density at radius 1 is 1.03 bits per heavy atom. The van der Waals surface area contributed by atoms with Crippen LogP contribution in [0.25, 0.3) is 11.0 Å². The molecule has 1 aromatic carbocycles. The lowest BCUT2D eigenvalue weighted by atomic mass is 9.83. The molecule has 1 atom stereocenters. The summed E-state index contributed by atoms with van der Waals surface area (Å²) in [5.41, 5.74) is 2.22. The first-order valence-electron chi connectivity index (χ1n) is 11.2. The van der Waals surface area contributed by atoms with E-state index in [9.17, 15) is 18.0 Å². The third-order valence-corrected chi connectivity index (χ3v) is 6.36. The fourth-order valence-corrected chi connectivity index (χ4v) is 3.82. The molecule has 0 radical (unpaired) electrons. The SMILES string of the molecule is CC(CC(=O)c1cc2c(cn1)ncn2C)c1cnc(Cc2cccc(C(C)(C)C(F)(F)F)c2)cn1. The number of benzene rings is 1. The van der Waals surface area contributed by atoms with Crippen LogP contribution in [-0.2, 0) is 18.9 Å². The fraction of sp³-hybridized carbons (Fsp3) is 0.346. The number of aromatic nitrogens is 5. The molecular formula is C26H26F3N5O. The predicted molar refractivity (Wildman–Crippen MR) is 126 cm³/mol. The molecule has 0 spiro atoms. The second kappa shape index (κ2) is 9.20. The standard InChI is InChI=1S/C26H26F3N5O/c1-16(8-24(35)20-11-23-22(14-32-20)33-15-34(23)4)21-13-30-19(12-31-21)10-17-6-5-7-18(9-17)25(2,3)26(27,28)29/h5-7,9,11-16H,8,10H2,1-4H3. The first-order chi connectivity index (χ1) is 16.5. The highest BCUT2D eigenvalue weighted by atomic mass is 19.4. The van der Waals surface area contributed by atoms with Crippen molar-refractivity contribution in [3.05, 3.63) is 83.5 Å². The zero-order valence-electron chi connectivity index (χ0n) is 20.0. The minimum absolute atomic E-state index is 0.101. The van der Waals surface area contributed by atoms with E-state index in [-0.39, 0.29) is 23.7 Å². The van der Waals surface area contributed by atoms with Gasteiger partial charge in [0.05, 0.1) is 34.8 Å². The largest absolute Gasteiger partial charge is 0.397 e. The van der Waals surface area contributed by atoms with Crippen LogP contribution in [-0.4, -0.2) is 36.5 Å². The third kappa shape index (κ3) is 5.08. The number of rotatable bonds is 7. The molecule has 0 aliphatic rings. The third-order valence-electron chi connectivity index (χ3n) is 6.36. The van der Waals surface area contributed by atoms with Gasteiger partial charge in [0.2, 0.25) is 0 Å². The molecule has 0 N–H and O–H groups in total. The Kier molecular flexibility index (Phi) is 6.44. The number of hydrogen-bond acceptors (Lipinski definition) is 5. The molecular weight excluding hydrogens is 455 g/mol. The van der Waals surface area contributed by atoms with Crippen LogP contribution >= 0.6 is 0 Å². The molecule has 0 amide bonds. The number of nitrogens with zero attached hydrogens (tertiary/aromatic N) is 5. The lowest BCUT2D eigenvalue weighted by Gasteiger charge is -2.28. The van der Waals surface area contributed by atoms with Crippen LogP contribution in [0.2, 0.25) is 0 Å². The van der Waals surface area contributed by atoms with Crippen molar-refractivity contribution in [3.63, 3.8) is 0 Å². The number of carbonyl (C=O) groups is 1. The molecule has 182 valence electrons. The number of pyridine rings is 1. The minimum Gasteiger partial charge on any atom is -0.334 e. The number of ketones is 1. The second-order valence-corrected chi connectivity index (χ2v) is 9.37. The topological polar surface area (TPSA) is 73.6 Å². The zero-order valence-corrected chi connectivity index (χ0v) is 20.0. The Bertz CT molecular complexity index is 1360. The van der Waals surface area contributed by atoms with Gasteiger partial charge in [0, 0.05) is 38.2 Å². The van der Waals surface area contributed by atoms with E-state index in [2.05, 4.69) is 19.9 Å². The monoisotopic (exact) mass is 481 g/mol. The molecule has 3 heterocycles. The van der Waals surface area contributed by atoms with Crippen LogP contribution in [0, 0.1) is 0 Å². The van der Waals surface area contributed by atoms with E-state index >= 15 is 0 Å². The molecule has 1 unspecified atom stereocenters.